The fourth-order valence-corrected chi connectivity index (χ4v) is 6.02. The molecule has 0 aliphatic carbocycles. The molecule has 230 valence electrons. The molecule has 4 rings (SSSR count). The lowest BCUT2D eigenvalue weighted by atomic mass is 9.93. The average Bonchev–Trinajstić information content (AvgIpc) is 2.99. The second-order valence-corrected chi connectivity index (χ2v) is 12.0. The number of carbonyl (C=O) groups excluding carboxylic acids is 2. The van der Waals surface area contributed by atoms with Crippen molar-refractivity contribution < 1.29 is 27.8 Å². The molecule has 3 aromatic carbocycles. The van der Waals surface area contributed by atoms with Crippen LogP contribution >= 0.6 is 11.8 Å². The quantitative estimate of drug-likeness (QED) is 0.226. The van der Waals surface area contributed by atoms with Gasteiger partial charge in [0.2, 0.25) is 0 Å². The first-order chi connectivity index (χ1) is 20.8. The highest BCUT2D eigenvalue weighted by Gasteiger charge is 2.25. The molecule has 1 unspecified atom stereocenters. The number of thioether (sulfide) groups is 1. The number of rotatable bonds is 13. The van der Waals surface area contributed by atoms with Gasteiger partial charge < -0.3 is 14.8 Å². The number of esters is 1. The van der Waals surface area contributed by atoms with E-state index in [1.165, 1.54) is 19.2 Å². The van der Waals surface area contributed by atoms with Crippen LogP contribution < -0.4 is 5.32 Å². The van der Waals surface area contributed by atoms with Crippen LogP contribution in [0.2, 0.25) is 0 Å². The molecular weight excluding hydrogens is 570 g/mol. The lowest BCUT2D eigenvalue weighted by Crippen LogP contribution is -2.42. The molecule has 0 radical (unpaired) electrons. The SMILES string of the molecule is COC(=O)C(CCSC)NC(=O)c1ccc(CN(Cc2cc(F)cc(F)c2)CC2CCOCC2)cc1-c1ccccc1C. The number of amides is 1. The molecule has 0 spiro atoms. The molecule has 6 nitrogen and oxygen atoms in total. The van der Waals surface area contributed by atoms with Gasteiger partial charge >= 0.3 is 5.97 Å². The maximum atomic E-state index is 14.1. The minimum absolute atomic E-state index is 0.351. The number of methoxy groups -OCH3 is 1. The summed E-state index contributed by atoms with van der Waals surface area (Å²) in [6, 6.07) is 16.5. The van der Waals surface area contributed by atoms with E-state index in [1.54, 1.807) is 17.8 Å². The van der Waals surface area contributed by atoms with Crippen molar-refractivity contribution in [3.63, 3.8) is 0 Å². The molecule has 1 saturated heterocycles. The van der Waals surface area contributed by atoms with Crippen molar-refractivity contribution in [2.75, 3.05) is 38.9 Å². The van der Waals surface area contributed by atoms with Crippen LogP contribution in [0.3, 0.4) is 0 Å². The minimum atomic E-state index is -0.754. The van der Waals surface area contributed by atoms with E-state index in [4.69, 9.17) is 9.47 Å². The first-order valence-corrected chi connectivity index (χ1v) is 16.0. The Labute approximate surface area is 257 Å². The van der Waals surface area contributed by atoms with Crippen molar-refractivity contribution in [3.8, 4) is 11.1 Å². The zero-order valence-corrected chi connectivity index (χ0v) is 25.9. The standard InChI is InChI=1S/C34H40F2N2O4S/c1-23-6-4-5-7-29(23)31-18-25(8-9-30(31)33(39)37-32(12-15-43-3)34(40)41-2)21-38(20-24-10-13-42-14-11-24)22-26-16-27(35)19-28(36)17-26/h4-9,16-19,24,32H,10-15,20-22H2,1-3H3,(H,37,39). The van der Waals surface area contributed by atoms with Crippen molar-refractivity contribution in [2.24, 2.45) is 5.92 Å². The Bertz CT molecular complexity index is 1380. The number of nitrogens with zero attached hydrogens (tertiary/aromatic N) is 1. The Kier molecular flexibility index (Phi) is 12.1. The fraction of sp³-hybridized carbons (Fsp3) is 0.412. The summed E-state index contributed by atoms with van der Waals surface area (Å²) in [5.74, 6) is -0.918. The smallest absolute Gasteiger partial charge is 0.328 e. The van der Waals surface area contributed by atoms with E-state index in [1.807, 2.05) is 49.6 Å². The summed E-state index contributed by atoms with van der Waals surface area (Å²) in [4.78, 5) is 28.2. The number of benzene rings is 3. The number of ether oxygens (including phenoxy) is 2. The number of hydrogen-bond donors (Lipinski definition) is 1. The highest BCUT2D eigenvalue weighted by molar-refractivity contribution is 7.98. The number of aryl methyl sites for hydroxylation is 1. The summed E-state index contributed by atoms with van der Waals surface area (Å²) in [5, 5.41) is 2.89. The van der Waals surface area contributed by atoms with Gasteiger partial charge in [0.05, 0.1) is 7.11 Å². The van der Waals surface area contributed by atoms with Gasteiger partial charge in [-0.2, -0.15) is 11.8 Å². The highest BCUT2D eigenvalue weighted by Crippen LogP contribution is 2.30. The number of hydrogen-bond acceptors (Lipinski definition) is 6. The molecule has 1 aliphatic rings. The fourth-order valence-electron chi connectivity index (χ4n) is 5.55. The van der Waals surface area contributed by atoms with E-state index in [9.17, 15) is 18.4 Å². The largest absolute Gasteiger partial charge is 0.467 e. The van der Waals surface area contributed by atoms with Crippen molar-refractivity contribution in [1.82, 2.24) is 10.2 Å². The summed E-state index contributed by atoms with van der Waals surface area (Å²) in [5.41, 5.74) is 4.67. The molecule has 1 heterocycles. The third kappa shape index (κ3) is 9.36. The Hall–Kier alpha value is -3.27. The molecule has 1 amide bonds. The van der Waals surface area contributed by atoms with Crippen molar-refractivity contribution >= 4 is 23.6 Å². The molecule has 1 aliphatic heterocycles. The minimum Gasteiger partial charge on any atom is -0.467 e. The van der Waals surface area contributed by atoms with E-state index in [0.29, 0.717) is 55.5 Å². The van der Waals surface area contributed by atoms with Crippen molar-refractivity contribution in [2.45, 2.75) is 45.3 Å². The Morgan fingerprint density at radius 1 is 1.00 bits per heavy atom. The monoisotopic (exact) mass is 610 g/mol. The van der Waals surface area contributed by atoms with Crippen molar-refractivity contribution in [1.29, 1.82) is 0 Å². The second-order valence-electron chi connectivity index (χ2n) is 11.0. The van der Waals surface area contributed by atoms with E-state index in [2.05, 4.69) is 10.2 Å². The van der Waals surface area contributed by atoms with Crippen LogP contribution in [0.4, 0.5) is 8.78 Å². The predicted octanol–water partition coefficient (Wildman–Crippen LogP) is 6.39. The van der Waals surface area contributed by atoms with Gasteiger partial charge in [0.15, 0.2) is 0 Å². The average molecular weight is 611 g/mol. The van der Waals surface area contributed by atoms with E-state index >= 15 is 0 Å². The Morgan fingerprint density at radius 3 is 2.37 bits per heavy atom. The second kappa shape index (κ2) is 16.0. The Balaban J connectivity index is 1.66. The van der Waals surface area contributed by atoms with E-state index in [0.717, 1.165) is 47.7 Å². The van der Waals surface area contributed by atoms with Crippen LogP contribution in [-0.4, -0.2) is 61.7 Å². The first kappa shape index (κ1) is 32.6. The molecule has 1 atom stereocenters. The van der Waals surface area contributed by atoms with Crippen molar-refractivity contribution in [3.05, 3.63) is 94.6 Å². The molecule has 43 heavy (non-hydrogen) atoms. The lowest BCUT2D eigenvalue weighted by molar-refractivity contribution is -0.142. The van der Waals surface area contributed by atoms with E-state index < -0.39 is 23.6 Å². The van der Waals surface area contributed by atoms with Crippen LogP contribution in [0, 0.1) is 24.5 Å². The lowest BCUT2D eigenvalue weighted by Gasteiger charge is -2.30. The number of carbonyl (C=O) groups is 2. The molecule has 1 fully saturated rings. The molecule has 1 N–H and O–H groups in total. The highest BCUT2D eigenvalue weighted by atomic mass is 32.2. The third-order valence-corrected chi connectivity index (χ3v) is 8.40. The zero-order chi connectivity index (χ0) is 30.8. The van der Waals surface area contributed by atoms with Gasteiger partial charge in [0.25, 0.3) is 5.91 Å². The molecule has 3 aromatic rings. The number of halogens is 2. The summed E-state index contributed by atoms with van der Waals surface area (Å²) >= 11 is 1.59. The van der Waals surface area contributed by atoms with Gasteiger partial charge in [-0.05, 0) is 96.2 Å². The maximum absolute atomic E-state index is 14.1. The van der Waals surface area contributed by atoms with Gasteiger partial charge in [-0.3, -0.25) is 9.69 Å². The molecule has 0 aromatic heterocycles. The van der Waals surface area contributed by atoms with Gasteiger partial charge in [-0.1, -0.05) is 30.3 Å². The summed E-state index contributed by atoms with van der Waals surface area (Å²) in [6.45, 7) is 5.06. The van der Waals surface area contributed by atoms with Crippen LogP contribution in [0.1, 0.15) is 46.3 Å². The van der Waals surface area contributed by atoms with Crippen LogP contribution in [0.25, 0.3) is 11.1 Å². The third-order valence-electron chi connectivity index (χ3n) is 7.76. The van der Waals surface area contributed by atoms with E-state index in [-0.39, 0.29) is 5.91 Å². The summed E-state index contributed by atoms with van der Waals surface area (Å²) < 4.78 is 38.6. The molecular formula is C34H40F2N2O4S. The summed E-state index contributed by atoms with van der Waals surface area (Å²) in [7, 11) is 1.32. The predicted molar refractivity (Wildman–Crippen MR) is 167 cm³/mol. The van der Waals surface area contributed by atoms with Crippen LogP contribution in [0.15, 0.2) is 60.7 Å². The molecule has 0 saturated carbocycles. The van der Waals surface area contributed by atoms with Gasteiger partial charge in [-0.25, -0.2) is 13.6 Å². The van der Waals surface area contributed by atoms with Gasteiger partial charge in [0.1, 0.15) is 17.7 Å². The molecule has 9 heteroatoms. The Morgan fingerprint density at radius 2 is 1.70 bits per heavy atom. The van der Waals surface area contributed by atoms with Gasteiger partial charge in [0, 0.05) is 44.5 Å². The normalized spacial score (nSPS) is 14.5. The van der Waals surface area contributed by atoms with Crippen LogP contribution in [0.5, 0.6) is 0 Å². The van der Waals surface area contributed by atoms with Gasteiger partial charge in [-0.15, -0.1) is 0 Å². The molecule has 0 bridgehead atoms. The zero-order valence-electron chi connectivity index (χ0n) is 25.0. The maximum Gasteiger partial charge on any atom is 0.328 e. The first-order valence-electron chi connectivity index (χ1n) is 14.6. The topological polar surface area (TPSA) is 67.9 Å². The number of nitrogens with one attached hydrogen (secondary N) is 1. The van der Waals surface area contributed by atoms with Crippen LogP contribution in [-0.2, 0) is 27.4 Å². The summed E-state index contributed by atoms with van der Waals surface area (Å²) in [6.07, 6.45) is 4.26.